The summed E-state index contributed by atoms with van der Waals surface area (Å²) in [4.78, 5) is 2.21. The number of rotatable bonds is 7. The second-order valence-electron chi connectivity index (χ2n) is 4.68. The van der Waals surface area contributed by atoms with Crippen molar-refractivity contribution in [1.29, 1.82) is 0 Å². The second kappa shape index (κ2) is 8.05. The Balaban J connectivity index is 2.93. The normalized spacial score (nSPS) is 18.2. The summed E-state index contributed by atoms with van der Waals surface area (Å²) in [5, 5.41) is 0. The minimum atomic E-state index is -3.14. The van der Waals surface area contributed by atoms with E-state index < -0.39 is 7.60 Å². The van der Waals surface area contributed by atoms with Crippen LogP contribution in [0.3, 0.4) is 0 Å². The van der Waals surface area contributed by atoms with Crippen LogP contribution in [0, 0.1) is 5.92 Å². The molecule has 0 aromatic carbocycles. The molecule has 0 amide bonds. The first-order valence-corrected chi connectivity index (χ1v) is 8.57. The standard InChI is InChI=1S/C13H26NO4P/c1-5-17-19(15,18-6-2)11-13(12(3)4)14-7-9-16-10-8-14/h11-12H,5-10H2,1-4H3. The van der Waals surface area contributed by atoms with Crippen LogP contribution in [0.25, 0.3) is 0 Å². The van der Waals surface area contributed by atoms with Gasteiger partial charge in [-0.05, 0) is 19.8 Å². The molecule has 0 spiro atoms. The van der Waals surface area contributed by atoms with Crippen molar-refractivity contribution >= 4 is 7.60 Å². The Hall–Kier alpha value is -0.350. The van der Waals surface area contributed by atoms with Gasteiger partial charge in [0.1, 0.15) is 0 Å². The van der Waals surface area contributed by atoms with E-state index in [9.17, 15) is 4.57 Å². The Labute approximate surface area is 116 Å². The maximum absolute atomic E-state index is 12.6. The van der Waals surface area contributed by atoms with Crippen LogP contribution >= 0.6 is 7.60 Å². The van der Waals surface area contributed by atoms with Crippen molar-refractivity contribution in [2.45, 2.75) is 27.7 Å². The van der Waals surface area contributed by atoms with Gasteiger partial charge in [-0.1, -0.05) is 13.8 Å². The van der Waals surface area contributed by atoms with Gasteiger partial charge in [0.25, 0.3) is 0 Å². The van der Waals surface area contributed by atoms with Crippen LogP contribution in [0.2, 0.25) is 0 Å². The molecule has 1 rings (SSSR count). The van der Waals surface area contributed by atoms with E-state index in [4.69, 9.17) is 13.8 Å². The predicted octanol–water partition coefficient (Wildman–Crippen LogP) is 3.08. The third kappa shape index (κ3) is 5.27. The molecule has 0 aromatic rings. The zero-order chi connectivity index (χ0) is 14.3. The Kier molecular flexibility index (Phi) is 7.08. The summed E-state index contributed by atoms with van der Waals surface area (Å²) in [6.07, 6.45) is 0. The van der Waals surface area contributed by atoms with Gasteiger partial charge < -0.3 is 18.7 Å². The fraction of sp³-hybridized carbons (Fsp3) is 0.846. The highest BCUT2D eigenvalue weighted by Gasteiger charge is 2.25. The highest BCUT2D eigenvalue weighted by atomic mass is 31.2. The smallest absolute Gasteiger partial charge is 0.355 e. The summed E-state index contributed by atoms with van der Waals surface area (Å²) in [6, 6.07) is 0. The monoisotopic (exact) mass is 291 g/mol. The largest absolute Gasteiger partial charge is 0.378 e. The Morgan fingerprint density at radius 3 is 2.21 bits per heavy atom. The van der Waals surface area contributed by atoms with Gasteiger partial charge in [-0.2, -0.15) is 0 Å². The molecule has 19 heavy (non-hydrogen) atoms. The third-order valence-electron chi connectivity index (χ3n) is 2.88. The minimum Gasteiger partial charge on any atom is -0.378 e. The lowest BCUT2D eigenvalue weighted by molar-refractivity contribution is 0.0495. The van der Waals surface area contributed by atoms with E-state index in [0.29, 0.717) is 26.4 Å². The average molecular weight is 291 g/mol. The molecule has 0 saturated carbocycles. The fourth-order valence-corrected chi connectivity index (χ4v) is 3.78. The van der Waals surface area contributed by atoms with Gasteiger partial charge in [0.05, 0.1) is 26.4 Å². The number of ether oxygens (including phenoxy) is 1. The SMILES string of the molecule is CCOP(=O)(C=C(C(C)C)N1CCOCC1)OCC. The van der Waals surface area contributed by atoms with Gasteiger partial charge in [0, 0.05) is 24.6 Å². The topological polar surface area (TPSA) is 48.0 Å². The van der Waals surface area contributed by atoms with Gasteiger partial charge >= 0.3 is 7.60 Å². The van der Waals surface area contributed by atoms with E-state index in [-0.39, 0.29) is 5.92 Å². The summed E-state index contributed by atoms with van der Waals surface area (Å²) < 4.78 is 28.6. The van der Waals surface area contributed by atoms with Crippen LogP contribution in [0.1, 0.15) is 27.7 Å². The lowest BCUT2D eigenvalue weighted by atomic mass is 10.1. The quantitative estimate of drug-likeness (QED) is 0.675. The number of allylic oxidation sites excluding steroid dienone is 1. The van der Waals surface area contributed by atoms with E-state index in [2.05, 4.69) is 18.7 Å². The Morgan fingerprint density at radius 1 is 1.26 bits per heavy atom. The van der Waals surface area contributed by atoms with Crippen LogP contribution in [0.5, 0.6) is 0 Å². The van der Waals surface area contributed by atoms with Crippen molar-refractivity contribution in [3.8, 4) is 0 Å². The van der Waals surface area contributed by atoms with Gasteiger partial charge in [-0.25, -0.2) is 0 Å². The maximum atomic E-state index is 12.6. The van der Waals surface area contributed by atoms with Crippen molar-refractivity contribution in [3.05, 3.63) is 11.5 Å². The third-order valence-corrected chi connectivity index (χ3v) is 4.69. The molecule has 1 aliphatic heterocycles. The van der Waals surface area contributed by atoms with Crippen LogP contribution in [0.4, 0.5) is 0 Å². The second-order valence-corrected chi connectivity index (χ2v) is 6.54. The van der Waals surface area contributed by atoms with Crippen LogP contribution in [0.15, 0.2) is 11.5 Å². The lowest BCUT2D eigenvalue weighted by Crippen LogP contribution is -2.37. The molecular weight excluding hydrogens is 265 g/mol. The minimum absolute atomic E-state index is 0.271. The molecule has 6 heteroatoms. The number of morpholine rings is 1. The van der Waals surface area contributed by atoms with Crippen molar-refractivity contribution in [2.24, 2.45) is 5.92 Å². The lowest BCUT2D eigenvalue weighted by Gasteiger charge is -2.33. The van der Waals surface area contributed by atoms with Crippen molar-refractivity contribution in [2.75, 3.05) is 39.5 Å². The van der Waals surface area contributed by atoms with Crippen LogP contribution in [-0.4, -0.2) is 44.4 Å². The van der Waals surface area contributed by atoms with E-state index in [1.165, 1.54) is 0 Å². The Morgan fingerprint density at radius 2 is 1.79 bits per heavy atom. The molecule has 1 heterocycles. The molecule has 0 bridgehead atoms. The van der Waals surface area contributed by atoms with E-state index in [1.807, 2.05) is 13.8 Å². The number of nitrogens with zero attached hydrogens (tertiary/aromatic N) is 1. The molecule has 0 N–H and O–H groups in total. The Bertz CT molecular complexity index is 328. The van der Waals surface area contributed by atoms with Crippen molar-refractivity contribution in [1.82, 2.24) is 4.90 Å². The van der Waals surface area contributed by atoms with Crippen LogP contribution in [-0.2, 0) is 18.3 Å². The highest BCUT2D eigenvalue weighted by Crippen LogP contribution is 2.51. The van der Waals surface area contributed by atoms with Gasteiger partial charge in [-0.3, -0.25) is 4.57 Å². The summed E-state index contributed by atoms with van der Waals surface area (Å²) in [7, 11) is -3.14. The maximum Gasteiger partial charge on any atom is 0.355 e. The van der Waals surface area contributed by atoms with Gasteiger partial charge in [-0.15, -0.1) is 0 Å². The van der Waals surface area contributed by atoms with Gasteiger partial charge in [0.2, 0.25) is 0 Å². The number of hydrogen-bond donors (Lipinski definition) is 0. The van der Waals surface area contributed by atoms with E-state index in [1.54, 1.807) is 5.82 Å². The zero-order valence-electron chi connectivity index (χ0n) is 12.4. The molecular formula is C13H26NO4P. The fourth-order valence-electron chi connectivity index (χ4n) is 2.05. The molecule has 1 aliphatic rings. The molecule has 0 aromatic heterocycles. The van der Waals surface area contributed by atoms with E-state index >= 15 is 0 Å². The first kappa shape index (κ1) is 16.7. The molecule has 1 saturated heterocycles. The first-order chi connectivity index (χ1) is 9.02. The summed E-state index contributed by atoms with van der Waals surface area (Å²) in [5.74, 6) is 1.96. The summed E-state index contributed by atoms with van der Waals surface area (Å²) in [6.45, 7) is 11.6. The predicted molar refractivity (Wildman–Crippen MR) is 76.2 cm³/mol. The molecule has 0 atom stereocenters. The average Bonchev–Trinajstić information content (AvgIpc) is 2.37. The van der Waals surface area contributed by atoms with E-state index in [0.717, 1.165) is 18.8 Å². The molecule has 0 radical (unpaired) electrons. The summed E-state index contributed by atoms with van der Waals surface area (Å²) >= 11 is 0. The number of hydrogen-bond acceptors (Lipinski definition) is 5. The molecule has 112 valence electrons. The molecule has 1 fully saturated rings. The van der Waals surface area contributed by atoms with Crippen LogP contribution < -0.4 is 0 Å². The zero-order valence-corrected chi connectivity index (χ0v) is 13.3. The van der Waals surface area contributed by atoms with Gasteiger partial charge in [0.15, 0.2) is 0 Å². The van der Waals surface area contributed by atoms with Crippen molar-refractivity contribution in [3.63, 3.8) is 0 Å². The molecule has 0 unspecified atom stereocenters. The molecule has 0 aliphatic carbocycles. The highest BCUT2D eigenvalue weighted by molar-refractivity contribution is 7.57. The summed E-state index contributed by atoms with van der Waals surface area (Å²) in [5.41, 5.74) is 1.02. The first-order valence-electron chi connectivity index (χ1n) is 6.96. The molecule has 5 nitrogen and oxygen atoms in total. The van der Waals surface area contributed by atoms with Crippen molar-refractivity contribution < 1.29 is 18.3 Å².